The van der Waals surface area contributed by atoms with Crippen molar-refractivity contribution in [1.82, 2.24) is 25.5 Å². The van der Waals surface area contributed by atoms with E-state index >= 15 is 0 Å². The van der Waals surface area contributed by atoms with Crippen LogP contribution in [0.3, 0.4) is 0 Å². The fourth-order valence-electron chi connectivity index (χ4n) is 1.78. The van der Waals surface area contributed by atoms with E-state index < -0.39 is 12.1 Å². The molecule has 2 rings (SSSR count). The molecular weight excluding hydrogens is 298 g/mol. The van der Waals surface area contributed by atoms with E-state index in [1.807, 2.05) is 20.8 Å². The molecule has 1 amide bonds. The number of aromatic nitrogens is 4. The Morgan fingerprint density at radius 3 is 2.39 bits per heavy atom. The number of carbonyl (C=O) groups is 2. The number of esters is 1. The lowest BCUT2D eigenvalue weighted by Gasteiger charge is -2.23. The van der Waals surface area contributed by atoms with Gasteiger partial charge in [0, 0.05) is 5.54 Å². The summed E-state index contributed by atoms with van der Waals surface area (Å²) in [6.45, 7) is 7.11. The summed E-state index contributed by atoms with van der Waals surface area (Å²) in [6, 6.07) is 6.56. The summed E-state index contributed by atoms with van der Waals surface area (Å²) >= 11 is 0. The fraction of sp³-hybridized carbons (Fsp3) is 0.400. The van der Waals surface area contributed by atoms with Gasteiger partial charge in [-0.15, -0.1) is 5.10 Å². The van der Waals surface area contributed by atoms with E-state index in [0.717, 1.165) is 0 Å². The summed E-state index contributed by atoms with van der Waals surface area (Å²) in [7, 11) is 0. The van der Waals surface area contributed by atoms with Crippen LogP contribution in [-0.2, 0) is 9.53 Å². The summed E-state index contributed by atoms with van der Waals surface area (Å²) in [5, 5.41) is 13.6. The lowest BCUT2D eigenvalue weighted by atomic mass is 10.1. The van der Waals surface area contributed by atoms with Crippen molar-refractivity contribution in [1.29, 1.82) is 0 Å². The Kier molecular flexibility index (Phi) is 4.73. The Morgan fingerprint density at radius 1 is 1.22 bits per heavy atom. The average Bonchev–Trinajstić information content (AvgIpc) is 2.99. The Labute approximate surface area is 133 Å². The molecule has 0 aliphatic heterocycles. The normalized spacial score (nSPS) is 12.5. The van der Waals surface area contributed by atoms with Crippen LogP contribution >= 0.6 is 0 Å². The molecule has 0 aliphatic rings. The molecule has 23 heavy (non-hydrogen) atoms. The molecule has 0 unspecified atom stereocenters. The number of ether oxygens (including phenoxy) is 1. The Morgan fingerprint density at radius 2 is 1.87 bits per heavy atom. The molecule has 8 heteroatoms. The predicted octanol–water partition coefficient (Wildman–Crippen LogP) is 1.12. The third-order valence-electron chi connectivity index (χ3n) is 2.87. The van der Waals surface area contributed by atoms with Gasteiger partial charge in [-0.2, -0.15) is 0 Å². The van der Waals surface area contributed by atoms with Crippen molar-refractivity contribution in [3.63, 3.8) is 0 Å². The molecule has 0 bridgehead atoms. The zero-order valence-corrected chi connectivity index (χ0v) is 13.5. The minimum atomic E-state index is -0.874. The maximum absolute atomic E-state index is 12.1. The van der Waals surface area contributed by atoms with Gasteiger partial charge in [0.05, 0.1) is 11.3 Å². The number of hydrogen-bond donors (Lipinski definition) is 1. The molecule has 1 atom stereocenters. The van der Waals surface area contributed by atoms with Crippen LogP contribution in [0.15, 0.2) is 30.6 Å². The molecule has 0 fully saturated rings. The lowest BCUT2D eigenvalue weighted by molar-refractivity contribution is -0.130. The van der Waals surface area contributed by atoms with Gasteiger partial charge in [0.2, 0.25) is 0 Å². The molecule has 122 valence electrons. The first-order chi connectivity index (χ1) is 10.8. The number of nitrogens with zero attached hydrogens (tertiary/aromatic N) is 4. The molecule has 2 aromatic rings. The van der Waals surface area contributed by atoms with Gasteiger partial charge in [-0.3, -0.25) is 4.79 Å². The number of benzene rings is 1. The lowest BCUT2D eigenvalue weighted by Crippen LogP contribution is -2.46. The molecule has 8 nitrogen and oxygen atoms in total. The highest BCUT2D eigenvalue weighted by Crippen LogP contribution is 2.10. The Bertz CT molecular complexity index is 674. The quantitative estimate of drug-likeness (QED) is 0.848. The van der Waals surface area contributed by atoms with E-state index in [0.29, 0.717) is 11.3 Å². The first kappa shape index (κ1) is 16.6. The van der Waals surface area contributed by atoms with E-state index in [1.54, 1.807) is 24.3 Å². The summed E-state index contributed by atoms with van der Waals surface area (Å²) in [6.07, 6.45) is 0.576. The third-order valence-corrected chi connectivity index (χ3v) is 2.87. The second kappa shape index (κ2) is 6.55. The van der Waals surface area contributed by atoms with Gasteiger partial charge in [-0.1, -0.05) is 0 Å². The number of nitrogens with one attached hydrogen (secondary N) is 1. The van der Waals surface area contributed by atoms with E-state index in [4.69, 9.17) is 4.74 Å². The largest absolute Gasteiger partial charge is 0.449 e. The monoisotopic (exact) mass is 317 g/mol. The van der Waals surface area contributed by atoms with Crippen LogP contribution in [0.1, 0.15) is 38.1 Å². The van der Waals surface area contributed by atoms with Crippen molar-refractivity contribution in [3.8, 4) is 5.69 Å². The van der Waals surface area contributed by atoms with Gasteiger partial charge in [0.15, 0.2) is 6.10 Å². The molecule has 0 spiro atoms. The van der Waals surface area contributed by atoms with Crippen LogP contribution in [0.4, 0.5) is 0 Å². The summed E-state index contributed by atoms with van der Waals surface area (Å²) in [4.78, 5) is 24.0. The molecule has 1 aromatic carbocycles. The molecular formula is C15H19N5O3. The van der Waals surface area contributed by atoms with E-state index in [1.165, 1.54) is 17.9 Å². The highest BCUT2D eigenvalue weighted by atomic mass is 16.5. The number of hydrogen-bond acceptors (Lipinski definition) is 6. The maximum Gasteiger partial charge on any atom is 0.338 e. The van der Waals surface area contributed by atoms with Crippen molar-refractivity contribution >= 4 is 11.9 Å². The van der Waals surface area contributed by atoms with Gasteiger partial charge < -0.3 is 10.1 Å². The van der Waals surface area contributed by atoms with Crippen LogP contribution < -0.4 is 5.32 Å². The van der Waals surface area contributed by atoms with E-state index in [2.05, 4.69) is 20.8 Å². The second-order valence-electron chi connectivity index (χ2n) is 6.09. The zero-order valence-electron chi connectivity index (χ0n) is 13.5. The minimum Gasteiger partial charge on any atom is -0.449 e. The van der Waals surface area contributed by atoms with Gasteiger partial charge in [0.1, 0.15) is 6.33 Å². The zero-order chi connectivity index (χ0) is 17.0. The van der Waals surface area contributed by atoms with Crippen molar-refractivity contribution in [2.24, 2.45) is 0 Å². The number of tetrazole rings is 1. The number of amides is 1. The van der Waals surface area contributed by atoms with Crippen molar-refractivity contribution in [2.45, 2.75) is 39.3 Å². The second-order valence-corrected chi connectivity index (χ2v) is 6.09. The number of carbonyl (C=O) groups excluding carboxylic acids is 2. The van der Waals surface area contributed by atoms with Crippen LogP contribution in [0, 0.1) is 0 Å². The Balaban J connectivity index is 1.99. The first-order valence-corrected chi connectivity index (χ1v) is 7.13. The summed E-state index contributed by atoms with van der Waals surface area (Å²) < 4.78 is 6.64. The molecule has 0 saturated carbocycles. The smallest absolute Gasteiger partial charge is 0.338 e. The predicted molar refractivity (Wildman–Crippen MR) is 81.9 cm³/mol. The van der Waals surface area contributed by atoms with Gasteiger partial charge in [-0.05, 0) is 62.4 Å². The molecule has 1 aromatic heterocycles. The highest BCUT2D eigenvalue weighted by Gasteiger charge is 2.22. The fourth-order valence-corrected chi connectivity index (χ4v) is 1.78. The number of rotatable bonds is 4. The Hall–Kier alpha value is -2.77. The average molecular weight is 317 g/mol. The molecule has 0 aliphatic carbocycles. The van der Waals surface area contributed by atoms with Crippen molar-refractivity contribution in [2.75, 3.05) is 0 Å². The van der Waals surface area contributed by atoms with Crippen LogP contribution in [-0.4, -0.2) is 43.7 Å². The topological polar surface area (TPSA) is 99.0 Å². The van der Waals surface area contributed by atoms with Gasteiger partial charge >= 0.3 is 5.97 Å². The first-order valence-electron chi connectivity index (χ1n) is 7.13. The molecule has 0 saturated heterocycles. The van der Waals surface area contributed by atoms with Crippen LogP contribution in [0.5, 0.6) is 0 Å². The van der Waals surface area contributed by atoms with E-state index in [-0.39, 0.29) is 11.4 Å². The summed E-state index contributed by atoms with van der Waals surface area (Å²) in [5.74, 6) is -0.902. The standard InChI is InChI=1S/C15H19N5O3/c1-10(13(21)17-15(2,3)4)23-14(22)11-5-7-12(8-6-11)20-9-16-18-19-20/h5-10H,1-4H3,(H,17,21)/t10-/m1/s1. The molecule has 0 radical (unpaired) electrons. The summed E-state index contributed by atoms with van der Waals surface area (Å²) in [5.41, 5.74) is 0.674. The van der Waals surface area contributed by atoms with Gasteiger partial charge in [-0.25, -0.2) is 9.48 Å². The van der Waals surface area contributed by atoms with Crippen LogP contribution in [0.2, 0.25) is 0 Å². The van der Waals surface area contributed by atoms with Crippen LogP contribution in [0.25, 0.3) is 5.69 Å². The van der Waals surface area contributed by atoms with E-state index in [9.17, 15) is 9.59 Å². The highest BCUT2D eigenvalue weighted by molar-refractivity contribution is 5.92. The van der Waals surface area contributed by atoms with Crippen molar-refractivity contribution in [3.05, 3.63) is 36.2 Å². The molecule has 1 N–H and O–H groups in total. The minimum absolute atomic E-state index is 0.337. The maximum atomic E-state index is 12.1. The SMILES string of the molecule is C[C@@H](OC(=O)c1ccc(-n2cnnn2)cc1)C(=O)NC(C)(C)C. The molecule has 1 heterocycles. The van der Waals surface area contributed by atoms with Gasteiger partial charge in [0.25, 0.3) is 5.91 Å². The third kappa shape index (κ3) is 4.60. The van der Waals surface area contributed by atoms with Crippen molar-refractivity contribution < 1.29 is 14.3 Å².